The standard InChI is InChI=1S/C14H23NO4/c1-9(8-18-5)15-10(16)14-7-6-13(4,11(17)19-14)12(14,2)3/h9H,6-8H2,1-5H3,(H,15,16). The number of hydrogen-bond donors (Lipinski definition) is 1. The van der Waals surface area contributed by atoms with Crippen molar-refractivity contribution < 1.29 is 19.1 Å². The van der Waals surface area contributed by atoms with Crippen LogP contribution in [0.15, 0.2) is 0 Å². The number of ether oxygens (including phenoxy) is 2. The third-order valence-electron chi connectivity index (χ3n) is 5.24. The zero-order valence-corrected chi connectivity index (χ0v) is 12.3. The van der Waals surface area contributed by atoms with E-state index in [0.717, 1.165) is 0 Å². The van der Waals surface area contributed by atoms with Gasteiger partial charge in [-0.25, -0.2) is 0 Å². The second kappa shape index (κ2) is 4.20. The summed E-state index contributed by atoms with van der Waals surface area (Å²) < 4.78 is 10.5. The number of rotatable bonds is 4. The monoisotopic (exact) mass is 269 g/mol. The summed E-state index contributed by atoms with van der Waals surface area (Å²) in [6, 6.07) is -0.103. The highest BCUT2D eigenvalue weighted by molar-refractivity contribution is 5.96. The molecule has 108 valence electrons. The molecule has 1 saturated carbocycles. The van der Waals surface area contributed by atoms with Crippen LogP contribution < -0.4 is 5.32 Å². The van der Waals surface area contributed by atoms with Gasteiger partial charge in [-0.3, -0.25) is 9.59 Å². The molecule has 0 radical (unpaired) electrons. The van der Waals surface area contributed by atoms with Crippen LogP contribution in [0.2, 0.25) is 0 Å². The number of esters is 1. The van der Waals surface area contributed by atoms with E-state index in [0.29, 0.717) is 19.4 Å². The second-order valence-electron chi connectivity index (χ2n) is 6.50. The van der Waals surface area contributed by atoms with Crippen molar-refractivity contribution in [2.24, 2.45) is 10.8 Å². The molecule has 1 saturated heterocycles. The third kappa shape index (κ3) is 1.64. The van der Waals surface area contributed by atoms with Crippen LogP contribution in [0.1, 0.15) is 40.5 Å². The van der Waals surface area contributed by atoms with Gasteiger partial charge in [0.1, 0.15) is 0 Å². The first kappa shape index (κ1) is 14.3. The molecular weight excluding hydrogens is 246 g/mol. The van der Waals surface area contributed by atoms with E-state index in [1.54, 1.807) is 7.11 Å². The Balaban J connectivity index is 2.24. The molecule has 0 aromatic heterocycles. The van der Waals surface area contributed by atoms with E-state index >= 15 is 0 Å². The summed E-state index contributed by atoms with van der Waals surface area (Å²) in [5.41, 5.74) is -2.08. The van der Waals surface area contributed by atoms with Gasteiger partial charge in [0.2, 0.25) is 0 Å². The van der Waals surface area contributed by atoms with E-state index in [1.807, 2.05) is 27.7 Å². The predicted molar refractivity (Wildman–Crippen MR) is 69.4 cm³/mol. The number of carbonyl (C=O) groups excluding carboxylic acids is 2. The zero-order valence-electron chi connectivity index (χ0n) is 12.3. The highest BCUT2D eigenvalue weighted by atomic mass is 16.6. The number of fused-ring (bicyclic) bond motifs is 2. The van der Waals surface area contributed by atoms with Gasteiger partial charge in [-0.15, -0.1) is 0 Å². The Labute approximate surface area is 114 Å². The molecule has 19 heavy (non-hydrogen) atoms. The Hall–Kier alpha value is -1.10. The molecule has 1 aliphatic heterocycles. The molecule has 3 unspecified atom stereocenters. The van der Waals surface area contributed by atoms with Crippen molar-refractivity contribution in [3.63, 3.8) is 0 Å². The molecular formula is C14H23NO4. The lowest BCUT2D eigenvalue weighted by molar-refractivity contribution is -0.168. The average molecular weight is 269 g/mol. The molecule has 3 atom stereocenters. The van der Waals surface area contributed by atoms with Gasteiger partial charge < -0.3 is 14.8 Å². The molecule has 2 rings (SSSR count). The normalized spacial score (nSPS) is 37.0. The fourth-order valence-corrected chi connectivity index (χ4v) is 3.38. The maximum absolute atomic E-state index is 12.6. The highest BCUT2D eigenvalue weighted by Crippen LogP contribution is 2.65. The van der Waals surface area contributed by atoms with Gasteiger partial charge in [0, 0.05) is 18.6 Å². The lowest BCUT2D eigenvalue weighted by Crippen LogP contribution is -2.55. The molecule has 2 fully saturated rings. The van der Waals surface area contributed by atoms with Crippen LogP contribution in [0.3, 0.4) is 0 Å². The Bertz CT molecular complexity index is 420. The van der Waals surface area contributed by atoms with Gasteiger partial charge in [-0.05, 0) is 26.7 Å². The molecule has 0 aromatic carbocycles. The SMILES string of the molecule is COCC(C)NC(=O)C12CCC(C)(C(=O)O1)C2(C)C. The molecule has 1 heterocycles. The fourth-order valence-electron chi connectivity index (χ4n) is 3.38. The van der Waals surface area contributed by atoms with Crippen molar-refractivity contribution in [1.29, 1.82) is 0 Å². The van der Waals surface area contributed by atoms with Crippen molar-refractivity contribution in [1.82, 2.24) is 5.32 Å². The first-order chi connectivity index (χ1) is 8.71. The van der Waals surface area contributed by atoms with Crippen molar-refractivity contribution in [2.45, 2.75) is 52.2 Å². The summed E-state index contributed by atoms with van der Waals surface area (Å²) in [6.07, 6.45) is 1.29. The van der Waals surface area contributed by atoms with Gasteiger partial charge in [-0.2, -0.15) is 0 Å². The zero-order chi connectivity index (χ0) is 14.5. The number of amides is 1. The lowest BCUT2D eigenvalue weighted by Gasteiger charge is -2.36. The van der Waals surface area contributed by atoms with Gasteiger partial charge >= 0.3 is 5.97 Å². The van der Waals surface area contributed by atoms with E-state index in [4.69, 9.17) is 9.47 Å². The van der Waals surface area contributed by atoms with Crippen LogP contribution in [0, 0.1) is 10.8 Å². The molecule has 5 heteroatoms. The van der Waals surface area contributed by atoms with E-state index < -0.39 is 16.4 Å². The molecule has 1 aliphatic carbocycles. The van der Waals surface area contributed by atoms with Gasteiger partial charge in [0.05, 0.1) is 12.0 Å². The quantitative estimate of drug-likeness (QED) is 0.780. The van der Waals surface area contributed by atoms with Gasteiger partial charge in [-0.1, -0.05) is 13.8 Å². The van der Waals surface area contributed by atoms with Gasteiger partial charge in [0.15, 0.2) is 5.60 Å². The minimum absolute atomic E-state index is 0.103. The largest absolute Gasteiger partial charge is 0.448 e. The van der Waals surface area contributed by atoms with E-state index in [1.165, 1.54) is 0 Å². The first-order valence-electron chi connectivity index (χ1n) is 6.74. The maximum atomic E-state index is 12.6. The summed E-state index contributed by atoms with van der Waals surface area (Å²) in [4.78, 5) is 24.6. The topological polar surface area (TPSA) is 64.6 Å². The average Bonchev–Trinajstić information content (AvgIpc) is 2.59. The lowest BCUT2D eigenvalue weighted by atomic mass is 9.66. The fraction of sp³-hybridized carbons (Fsp3) is 0.857. The Morgan fingerprint density at radius 3 is 2.47 bits per heavy atom. The van der Waals surface area contributed by atoms with Crippen LogP contribution in [0.5, 0.6) is 0 Å². The molecule has 1 N–H and O–H groups in total. The summed E-state index contributed by atoms with van der Waals surface area (Å²) in [7, 11) is 1.59. The van der Waals surface area contributed by atoms with Crippen LogP contribution in [-0.4, -0.2) is 37.2 Å². The summed E-state index contributed by atoms with van der Waals surface area (Å²) in [5, 5.41) is 2.89. The maximum Gasteiger partial charge on any atom is 0.313 e. The second-order valence-corrected chi connectivity index (χ2v) is 6.50. The smallest absolute Gasteiger partial charge is 0.313 e. The predicted octanol–water partition coefficient (Wildman–Crippen LogP) is 1.26. The minimum atomic E-state index is -1.03. The minimum Gasteiger partial charge on any atom is -0.448 e. The van der Waals surface area contributed by atoms with Crippen molar-refractivity contribution in [3.8, 4) is 0 Å². The van der Waals surface area contributed by atoms with Crippen LogP contribution >= 0.6 is 0 Å². The number of carbonyl (C=O) groups is 2. The number of hydrogen-bond acceptors (Lipinski definition) is 4. The Morgan fingerprint density at radius 1 is 1.42 bits per heavy atom. The van der Waals surface area contributed by atoms with E-state index in [2.05, 4.69) is 5.32 Å². The van der Waals surface area contributed by atoms with Crippen molar-refractivity contribution in [3.05, 3.63) is 0 Å². The molecule has 1 amide bonds. The highest BCUT2D eigenvalue weighted by Gasteiger charge is 2.75. The third-order valence-corrected chi connectivity index (χ3v) is 5.24. The molecule has 2 aliphatic rings. The molecule has 0 aromatic rings. The molecule has 0 spiro atoms. The van der Waals surface area contributed by atoms with E-state index in [9.17, 15) is 9.59 Å². The molecule has 5 nitrogen and oxygen atoms in total. The van der Waals surface area contributed by atoms with Crippen molar-refractivity contribution in [2.75, 3.05) is 13.7 Å². The molecule has 2 bridgehead atoms. The Kier molecular flexibility index (Phi) is 3.16. The van der Waals surface area contributed by atoms with Crippen molar-refractivity contribution >= 4 is 11.9 Å². The van der Waals surface area contributed by atoms with Gasteiger partial charge in [0.25, 0.3) is 5.91 Å². The summed E-state index contributed by atoms with van der Waals surface area (Å²) in [5.74, 6) is -0.449. The number of methoxy groups -OCH3 is 1. The van der Waals surface area contributed by atoms with E-state index in [-0.39, 0.29) is 17.9 Å². The van der Waals surface area contributed by atoms with Crippen LogP contribution in [0.25, 0.3) is 0 Å². The van der Waals surface area contributed by atoms with Crippen LogP contribution in [0.4, 0.5) is 0 Å². The first-order valence-corrected chi connectivity index (χ1v) is 6.74. The Morgan fingerprint density at radius 2 is 2.05 bits per heavy atom. The summed E-state index contributed by atoms with van der Waals surface area (Å²) >= 11 is 0. The summed E-state index contributed by atoms with van der Waals surface area (Å²) in [6.45, 7) is 8.11. The number of nitrogens with one attached hydrogen (secondary N) is 1. The van der Waals surface area contributed by atoms with Crippen LogP contribution in [-0.2, 0) is 19.1 Å².